The highest BCUT2D eigenvalue weighted by molar-refractivity contribution is 7.99. The lowest BCUT2D eigenvalue weighted by molar-refractivity contribution is 0.234. The molecule has 0 unspecified atom stereocenters. The van der Waals surface area contributed by atoms with E-state index < -0.39 is 20.5 Å². The second kappa shape index (κ2) is 6.24. The Hall–Kier alpha value is -2.40. The van der Waals surface area contributed by atoms with Gasteiger partial charge in [0.2, 0.25) is 20.8 Å². The maximum absolute atomic E-state index is 12.5. The third kappa shape index (κ3) is 2.99. The van der Waals surface area contributed by atoms with Crippen molar-refractivity contribution in [2.45, 2.75) is 20.7 Å². The number of hydrogen-bond acceptors (Lipinski definition) is 7. The summed E-state index contributed by atoms with van der Waals surface area (Å²) in [5.74, 6) is 3.20. The zero-order valence-corrected chi connectivity index (χ0v) is 13.5. The Morgan fingerprint density at radius 2 is 1.88 bits per heavy atom. The summed E-state index contributed by atoms with van der Waals surface area (Å²) in [6, 6.07) is 8.34. The molecule has 3 aromatic rings. The molecule has 0 fully saturated rings. The topological polar surface area (TPSA) is 104 Å². The molecule has 3 rings (SSSR count). The molecule has 0 atom stereocenters. The molecule has 1 aromatic carbocycles. The molecule has 0 spiro atoms. The molecule has 2 N–H and O–H groups in total. The van der Waals surface area contributed by atoms with E-state index in [1.54, 1.807) is 12.1 Å². The summed E-state index contributed by atoms with van der Waals surface area (Å²) < 4.78 is 54.1. The van der Waals surface area contributed by atoms with Gasteiger partial charge >= 0.3 is 5.76 Å². The Balaban J connectivity index is 1.83. The lowest BCUT2D eigenvalue weighted by Crippen LogP contribution is -2.11. The summed E-state index contributed by atoms with van der Waals surface area (Å²) in [6.45, 7) is 0. The molecule has 126 valence electrons. The van der Waals surface area contributed by atoms with Crippen molar-refractivity contribution in [1.29, 1.82) is 0 Å². The van der Waals surface area contributed by atoms with Crippen molar-refractivity contribution < 1.29 is 21.6 Å². The number of aromatic nitrogens is 3. The minimum Gasteiger partial charge on any atom is -0.461 e. The van der Waals surface area contributed by atoms with Gasteiger partial charge in [-0.15, -0.1) is 10.2 Å². The van der Waals surface area contributed by atoms with Gasteiger partial charge in [-0.2, -0.15) is 8.78 Å². The molecule has 2 aromatic heterocycles. The molecule has 11 heteroatoms. The second-order valence-electron chi connectivity index (χ2n) is 4.53. The van der Waals surface area contributed by atoms with E-state index in [9.17, 15) is 17.2 Å². The van der Waals surface area contributed by atoms with E-state index in [4.69, 9.17) is 10.3 Å². The van der Waals surface area contributed by atoms with E-state index in [2.05, 4.69) is 10.2 Å². The van der Waals surface area contributed by atoms with Crippen LogP contribution in [0.4, 0.5) is 8.78 Å². The number of rotatable bonds is 5. The Kier molecular flexibility index (Phi) is 4.28. The van der Waals surface area contributed by atoms with Gasteiger partial charge in [-0.25, -0.2) is 13.1 Å². The zero-order valence-electron chi connectivity index (χ0n) is 11.8. The van der Waals surface area contributed by atoms with Gasteiger partial charge < -0.3 is 10.3 Å². The molecule has 0 amide bonds. The van der Waals surface area contributed by atoms with E-state index in [0.717, 1.165) is 23.9 Å². The van der Waals surface area contributed by atoms with Crippen LogP contribution in [0.5, 0.6) is 0 Å². The first kappa shape index (κ1) is 16.5. The lowest BCUT2D eigenvalue weighted by atomic mass is 10.4. The maximum atomic E-state index is 12.5. The second-order valence-corrected chi connectivity index (χ2v) is 7.49. The first-order valence-corrected chi connectivity index (χ1v) is 8.80. The van der Waals surface area contributed by atoms with Crippen molar-refractivity contribution in [2.75, 3.05) is 5.84 Å². The number of sulfone groups is 1. The number of hydrogen-bond donors (Lipinski definition) is 1. The molecule has 0 saturated carbocycles. The van der Waals surface area contributed by atoms with Crippen LogP contribution < -0.4 is 5.84 Å². The molecule has 0 radical (unpaired) electrons. The quantitative estimate of drug-likeness (QED) is 0.686. The molecular formula is C13H10F2N4O3S2. The van der Waals surface area contributed by atoms with Crippen LogP contribution >= 0.6 is 11.8 Å². The van der Waals surface area contributed by atoms with E-state index in [-0.39, 0.29) is 0 Å². The third-order valence-electron chi connectivity index (χ3n) is 3.00. The molecule has 24 heavy (non-hydrogen) atoms. The van der Waals surface area contributed by atoms with E-state index in [1.807, 2.05) is 0 Å². The smallest absolute Gasteiger partial charge is 0.341 e. The molecule has 7 nitrogen and oxygen atoms in total. The van der Waals surface area contributed by atoms with Crippen molar-refractivity contribution >= 4 is 21.6 Å². The monoisotopic (exact) mass is 372 g/mol. The van der Waals surface area contributed by atoms with Gasteiger partial charge in [0.05, 0.1) is 11.2 Å². The number of furan rings is 1. The van der Waals surface area contributed by atoms with Crippen LogP contribution in [0.25, 0.3) is 11.6 Å². The number of nitrogen functional groups attached to an aromatic ring is 1. The fraction of sp³-hybridized carbons (Fsp3) is 0.0769. The Bertz CT molecular complexity index is 938. The summed E-state index contributed by atoms with van der Waals surface area (Å²) in [6.07, 6.45) is 1.47. The van der Waals surface area contributed by atoms with Gasteiger partial charge in [0.15, 0.2) is 5.76 Å². The molecular weight excluding hydrogens is 362 g/mol. The fourth-order valence-corrected chi connectivity index (χ4v) is 3.30. The molecule has 0 saturated heterocycles. The largest absolute Gasteiger partial charge is 0.461 e. The summed E-state index contributed by atoms with van der Waals surface area (Å²) >= 11 is 1.10. The standard InChI is InChI=1S/C13H10F2N4O3S2/c14-12(15)24(20,21)9-5-3-8(4-6-9)23-13-18-17-11(19(13)16)10-2-1-7-22-10/h1-7,12H,16H2. The third-order valence-corrected chi connectivity index (χ3v) is 5.37. The van der Waals surface area contributed by atoms with Crippen LogP contribution in [0.1, 0.15) is 0 Å². The maximum Gasteiger partial charge on any atom is 0.341 e. The van der Waals surface area contributed by atoms with Crippen LogP contribution in [-0.4, -0.2) is 29.0 Å². The van der Waals surface area contributed by atoms with E-state index in [1.165, 1.54) is 23.1 Å². The molecule has 0 aliphatic rings. The predicted octanol–water partition coefficient (Wildman–Crippen LogP) is 2.40. The highest BCUT2D eigenvalue weighted by Crippen LogP contribution is 2.29. The number of benzene rings is 1. The van der Waals surface area contributed by atoms with Crippen LogP contribution in [0.15, 0.2) is 62.0 Å². The van der Waals surface area contributed by atoms with Gasteiger partial charge in [-0.05, 0) is 48.2 Å². The Morgan fingerprint density at radius 1 is 1.17 bits per heavy atom. The van der Waals surface area contributed by atoms with Gasteiger partial charge in [0, 0.05) is 4.90 Å². The minimum atomic E-state index is -4.61. The highest BCUT2D eigenvalue weighted by atomic mass is 32.2. The first-order chi connectivity index (χ1) is 11.4. The van der Waals surface area contributed by atoms with Crippen LogP contribution in [0.2, 0.25) is 0 Å². The number of alkyl halides is 2. The van der Waals surface area contributed by atoms with E-state index in [0.29, 0.717) is 21.6 Å². The average Bonchev–Trinajstić information content (AvgIpc) is 3.18. The van der Waals surface area contributed by atoms with Crippen molar-refractivity contribution in [2.24, 2.45) is 0 Å². The van der Waals surface area contributed by atoms with Crippen LogP contribution in [0.3, 0.4) is 0 Å². The van der Waals surface area contributed by atoms with Gasteiger partial charge in [0.1, 0.15) is 0 Å². The Morgan fingerprint density at radius 3 is 2.46 bits per heavy atom. The van der Waals surface area contributed by atoms with Gasteiger partial charge in [0.25, 0.3) is 0 Å². The zero-order chi connectivity index (χ0) is 17.3. The van der Waals surface area contributed by atoms with E-state index >= 15 is 0 Å². The molecule has 0 bridgehead atoms. The number of halogens is 2. The van der Waals surface area contributed by atoms with Gasteiger partial charge in [-0.1, -0.05) is 0 Å². The average molecular weight is 372 g/mol. The minimum absolute atomic E-state index is 0.319. The van der Waals surface area contributed by atoms with Crippen molar-refractivity contribution in [3.63, 3.8) is 0 Å². The molecule has 0 aliphatic carbocycles. The highest BCUT2D eigenvalue weighted by Gasteiger charge is 2.26. The predicted molar refractivity (Wildman–Crippen MR) is 81.6 cm³/mol. The summed E-state index contributed by atoms with van der Waals surface area (Å²) in [4.78, 5) is 0.112. The van der Waals surface area contributed by atoms with Crippen molar-refractivity contribution in [3.05, 3.63) is 42.7 Å². The molecule has 0 aliphatic heterocycles. The van der Waals surface area contributed by atoms with Crippen molar-refractivity contribution in [3.8, 4) is 11.6 Å². The van der Waals surface area contributed by atoms with Crippen LogP contribution in [-0.2, 0) is 9.84 Å². The summed E-state index contributed by atoms with van der Waals surface area (Å²) in [5, 5.41) is 8.16. The van der Waals surface area contributed by atoms with Crippen molar-refractivity contribution in [1.82, 2.24) is 14.9 Å². The number of nitrogens with two attached hydrogens (primary N) is 1. The lowest BCUT2D eigenvalue weighted by Gasteiger charge is -2.05. The SMILES string of the molecule is Nn1c(Sc2ccc(S(=O)(=O)C(F)F)cc2)nnc1-c1ccco1. The molecule has 2 heterocycles. The fourth-order valence-electron chi connectivity index (χ4n) is 1.83. The first-order valence-electron chi connectivity index (χ1n) is 6.44. The normalized spacial score (nSPS) is 12.0. The number of nitrogens with zero attached hydrogens (tertiary/aromatic N) is 3. The van der Waals surface area contributed by atoms with Crippen LogP contribution in [0, 0.1) is 0 Å². The Labute approximate surface area is 139 Å². The summed E-state index contributed by atoms with van der Waals surface area (Å²) in [5.41, 5.74) is 0. The summed E-state index contributed by atoms with van der Waals surface area (Å²) in [7, 11) is -4.61. The van der Waals surface area contributed by atoms with Gasteiger partial charge in [-0.3, -0.25) is 0 Å².